The Morgan fingerprint density at radius 1 is 0.283 bits per heavy atom. The predicted molar refractivity (Wildman–Crippen MR) is 386 cm³/mol. The first-order valence-electron chi connectivity index (χ1n) is 37.0. The third-order valence-electron chi connectivity index (χ3n) is 17.1. The molecule has 0 bridgehead atoms. The number of unbranched alkanes of at least 4 members (excludes halogenated alkanes) is 36. The third-order valence-corrected chi connectivity index (χ3v) is 17.1. The van der Waals surface area contributed by atoms with E-state index in [1.807, 2.05) is 60.7 Å². The zero-order chi connectivity index (χ0) is 65.0. The molecule has 5 rings (SSSR count). The fourth-order valence-electron chi connectivity index (χ4n) is 11.3. The molecule has 0 aliphatic heterocycles. The Labute approximate surface area is 557 Å². The van der Waals surface area contributed by atoms with E-state index in [0.717, 1.165) is 73.9 Å². The number of esters is 2. The number of hydrogen-bond acceptors (Lipinski definition) is 10. The zero-order valence-corrected chi connectivity index (χ0v) is 57.8. The first-order chi connectivity index (χ1) is 45.4. The molecule has 506 valence electrons. The maximum absolute atomic E-state index is 13.5. The van der Waals surface area contributed by atoms with Crippen LogP contribution >= 0.6 is 0 Å². The van der Waals surface area contributed by atoms with Crippen molar-refractivity contribution in [2.75, 3.05) is 26.4 Å². The van der Waals surface area contributed by atoms with E-state index in [-0.39, 0.29) is 0 Å². The average Bonchev–Trinajstić information content (AvgIpc) is 1.20. The summed E-state index contributed by atoms with van der Waals surface area (Å²) < 4.78 is 36.8. The Balaban J connectivity index is 1.07. The average molecular weight is 1260 g/mol. The van der Waals surface area contributed by atoms with Gasteiger partial charge in [-0.3, -0.25) is 9.98 Å². The van der Waals surface area contributed by atoms with Crippen molar-refractivity contribution in [1.29, 1.82) is 0 Å². The molecule has 5 aromatic carbocycles. The minimum atomic E-state index is -0.458. The van der Waals surface area contributed by atoms with Crippen molar-refractivity contribution in [2.24, 2.45) is 9.98 Å². The molecule has 0 fully saturated rings. The van der Waals surface area contributed by atoms with Crippen molar-refractivity contribution in [1.82, 2.24) is 0 Å². The Hall–Kier alpha value is -6.42. The van der Waals surface area contributed by atoms with E-state index in [1.54, 1.807) is 61.0 Å². The van der Waals surface area contributed by atoms with Crippen molar-refractivity contribution in [2.45, 2.75) is 285 Å². The Morgan fingerprint density at radius 2 is 0.522 bits per heavy atom. The molecular weight excluding hydrogens is 1140 g/mol. The van der Waals surface area contributed by atoms with Crippen molar-refractivity contribution in [3.05, 3.63) is 131 Å². The molecule has 5 aromatic rings. The number of benzene rings is 5. The molecule has 0 aromatic heterocycles. The molecule has 0 amide bonds. The van der Waals surface area contributed by atoms with Gasteiger partial charge in [-0.25, -0.2) is 9.59 Å². The Bertz CT molecular complexity index is 2530. The summed E-state index contributed by atoms with van der Waals surface area (Å²) in [6.45, 7) is 11.5. The maximum atomic E-state index is 13.5. The molecule has 92 heavy (non-hydrogen) atoms. The molecule has 0 unspecified atom stereocenters. The Morgan fingerprint density at radius 3 is 0.783 bits per heavy atom. The van der Waals surface area contributed by atoms with Crippen LogP contribution in [0.25, 0.3) is 0 Å². The van der Waals surface area contributed by atoms with Crippen LogP contribution in [0.5, 0.6) is 34.5 Å². The lowest BCUT2D eigenvalue weighted by Gasteiger charge is -2.14. The first kappa shape index (κ1) is 76.3. The van der Waals surface area contributed by atoms with Crippen LogP contribution in [0.3, 0.4) is 0 Å². The number of nitrogens with zero attached hydrogens (tertiary/aromatic N) is 2. The van der Waals surface area contributed by atoms with Gasteiger partial charge in [-0.15, -0.1) is 0 Å². The molecule has 0 aliphatic carbocycles. The van der Waals surface area contributed by atoms with Gasteiger partial charge in [0.25, 0.3) is 0 Å². The van der Waals surface area contributed by atoms with E-state index >= 15 is 0 Å². The highest BCUT2D eigenvalue weighted by Crippen LogP contribution is 2.32. The summed E-state index contributed by atoms with van der Waals surface area (Å²) in [6.07, 6.45) is 54.1. The van der Waals surface area contributed by atoms with Crippen LogP contribution in [0.1, 0.15) is 316 Å². The minimum absolute atomic E-state index is 0.411. The van der Waals surface area contributed by atoms with Gasteiger partial charge in [0.15, 0.2) is 23.0 Å². The van der Waals surface area contributed by atoms with Crippen molar-refractivity contribution in [3.8, 4) is 34.5 Å². The fourth-order valence-corrected chi connectivity index (χ4v) is 11.3. The van der Waals surface area contributed by atoms with Crippen LogP contribution < -0.4 is 28.4 Å². The zero-order valence-electron chi connectivity index (χ0n) is 57.8. The molecule has 0 saturated heterocycles. The van der Waals surface area contributed by atoms with Gasteiger partial charge in [-0.1, -0.05) is 283 Å². The predicted octanol–water partition coefficient (Wildman–Crippen LogP) is 24.8. The normalized spacial score (nSPS) is 11.4. The van der Waals surface area contributed by atoms with Gasteiger partial charge in [0, 0.05) is 12.4 Å². The third kappa shape index (κ3) is 35.0. The van der Waals surface area contributed by atoms with Crippen LogP contribution in [0.2, 0.25) is 0 Å². The second kappa shape index (κ2) is 51.1. The largest absolute Gasteiger partial charge is 0.490 e. The smallest absolute Gasteiger partial charge is 0.343 e. The van der Waals surface area contributed by atoms with Crippen LogP contribution in [-0.2, 0) is 0 Å². The molecule has 0 radical (unpaired) electrons. The lowest BCUT2D eigenvalue weighted by molar-refractivity contribution is 0.0724. The lowest BCUT2D eigenvalue weighted by Crippen LogP contribution is -2.10. The van der Waals surface area contributed by atoms with E-state index in [2.05, 4.69) is 37.7 Å². The molecule has 10 heteroatoms. The van der Waals surface area contributed by atoms with Gasteiger partial charge >= 0.3 is 11.9 Å². The van der Waals surface area contributed by atoms with E-state index < -0.39 is 11.9 Å². The summed E-state index contributed by atoms with van der Waals surface area (Å²) >= 11 is 0. The molecule has 0 aliphatic rings. The van der Waals surface area contributed by atoms with Crippen LogP contribution in [-0.4, -0.2) is 50.8 Å². The van der Waals surface area contributed by atoms with E-state index in [9.17, 15) is 9.59 Å². The summed E-state index contributed by atoms with van der Waals surface area (Å²) in [7, 11) is 0. The topological polar surface area (TPSA) is 114 Å². The monoisotopic (exact) mass is 1260 g/mol. The van der Waals surface area contributed by atoms with E-state index in [0.29, 0.717) is 72.1 Å². The van der Waals surface area contributed by atoms with E-state index in [1.165, 1.54) is 205 Å². The van der Waals surface area contributed by atoms with Gasteiger partial charge in [0.05, 0.1) is 48.9 Å². The SMILES string of the molecule is CCCCCCCCCCCCOc1ccc(C(=O)Oc2ccc(N=Cc3ccc(C=Nc4ccc(OC(=O)c5ccc(OCCCCCCCCCCCC)c(OCCCCCCCCCCCC)c5)cc4)cc3)cc2)cc1OCCCCCCCCCCCC. The number of aliphatic imine (C=N–C) groups is 2. The number of hydrogen-bond donors (Lipinski definition) is 0. The number of carbonyl (C=O) groups is 2. The van der Waals surface area contributed by atoms with Gasteiger partial charge in [-0.2, -0.15) is 0 Å². The molecule has 0 atom stereocenters. The second-order valence-electron chi connectivity index (χ2n) is 25.4. The highest BCUT2D eigenvalue weighted by Gasteiger charge is 2.17. The summed E-state index contributed by atoms with van der Waals surface area (Å²) in [5.74, 6) is 2.46. The van der Waals surface area contributed by atoms with Gasteiger partial charge in [0.1, 0.15) is 11.5 Å². The van der Waals surface area contributed by atoms with Gasteiger partial charge < -0.3 is 28.4 Å². The van der Waals surface area contributed by atoms with Crippen LogP contribution in [0.4, 0.5) is 11.4 Å². The second-order valence-corrected chi connectivity index (χ2v) is 25.4. The summed E-state index contributed by atoms with van der Waals surface area (Å²) in [5, 5.41) is 0. The van der Waals surface area contributed by atoms with Gasteiger partial charge in [0.2, 0.25) is 0 Å². The van der Waals surface area contributed by atoms with Crippen molar-refractivity contribution >= 4 is 35.7 Å². The Kier molecular flexibility index (Phi) is 42.3. The van der Waals surface area contributed by atoms with Gasteiger partial charge in [-0.05, 0) is 122 Å². The van der Waals surface area contributed by atoms with E-state index in [4.69, 9.17) is 28.4 Å². The maximum Gasteiger partial charge on any atom is 0.343 e. The highest BCUT2D eigenvalue weighted by molar-refractivity contribution is 5.93. The number of ether oxygens (including phenoxy) is 6. The van der Waals surface area contributed by atoms with Crippen LogP contribution in [0, 0.1) is 0 Å². The molecule has 0 saturated carbocycles. The summed E-state index contributed by atoms with van der Waals surface area (Å²) in [5.41, 5.74) is 4.11. The summed E-state index contributed by atoms with van der Waals surface area (Å²) in [6, 6.07) is 33.0. The standard InChI is InChI=1S/C82H120N2O8/c1-5-9-13-17-21-25-29-33-37-41-61-87-77-59-49-71(65-79(77)89-63-43-39-35-31-27-23-19-15-11-7-3)81(85)91-75-55-51-73(52-56-75)83-67-69-45-47-70(48-46-69)68-84-74-53-57-76(58-54-74)92-82(86)72-50-60-78(88-62-42-38-34-30-26-22-18-14-10-6-2)80(66-72)90-64-44-40-36-32-28-24-20-16-12-8-4/h45-60,65-68H,5-44,61-64H2,1-4H3. The minimum Gasteiger partial charge on any atom is -0.490 e. The highest BCUT2D eigenvalue weighted by atomic mass is 16.5. The molecular formula is C82H120N2O8. The molecule has 0 N–H and O–H groups in total. The summed E-state index contributed by atoms with van der Waals surface area (Å²) in [4.78, 5) is 36.4. The molecule has 0 spiro atoms. The first-order valence-corrected chi connectivity index (χ1v) is 37.0. The van der Waals surface area contributed by atoms with Crippen LogP contribution in [0.15, 0.2) is 119 Å². The van der Waals surface area contributed by atoms with Crippen molar-refractivity contribution in [3.63, 3.8) is 0 Å². The molecule has 10 nitrogen and oxygen atoms in total. The number of carbonyl (C=O) groups excluding carboxylic acids is 2. The fraction of sp³-hybridized carbons (Fsp3) is 0.585. The quantitative estimate of drug-likeness (QED) is 0.0164. The van der Waals surface area contributed by atoms with Crippen molar-refractivity contribution < 1.29 is 38.0 Å². The lowest BCUT2D eigenvalue weighted by atomic mass is 10.1. The molecule has 0 heterocycles. The number of rotatable bonds is 56.